The topological polar surface area (TPSA) is 92.3 Å². The van der Waals surface area contributed by atoms with Crippen molar-refractivity contribution in [2.75, 3.05) is 12.5 Å². The van der Waals surface area contributed by atoms with E-state index in [2.05, 4.69) is 9.44 Å². The van der Waals surface area contributed by atoms with E-state index in [0.29, 0.717) is 0 Å². The molecule has 0 aliphatic heterocycles. The molecule has 0 atom stereocenters. The Labute approximate surface area is 241 Å². The Balaban J connectivity index is 0.000000537. The molecule has 0 aromatic heterocycles. The molecule has 39 heavy (non-hydrogen) atoms. The van der Waals surface area contributed by atoms with E-state index in [9.17, 15) is 34.4 Å². The molecule has 0 amide bonds. The summed E-state index contributed by atoms with van der Waals surface area (Å²) in [6.07, 6.45) is 1.91. The van der Waals surface area contributed by atoms with Gasteiger partial charge in [-0.3, -0.25) is 0 Å². The van der Waals surface area contributed by atoms with Gasteiger partial charge in [-0.05, 0) is 13.1 Å². The number of sulfonamides is 2. The van der Waals surface area contributed by atoms with Crippen molar-refractivity contribution in [3.8, 4) is 0 Å². The van der Waals surface area contributed by atoms with Gasteiger partial charge < -0.3 is 0 Å². The molecule has 4 rings (SSSR count). The average molecular weight is 618 g/mol. The molecule has 0 unspecified atom stereocenters. The minimum absolute atomic E-state index is 0. The second-order valence-electron chi connectivity index (χ2n) is 7.40. The molecular weight excluding hydrogens is 592 g/mol. The zero-order chi connectivity index (χ0) is 28.6. The number of benzene rings is 2. The van der Waals surface area contributed by atoms with Crippen LogP contribution < -0.4 is 9.44 Å². The van der Waals surface area contributed by atoms with E-state index in [1.165, 1.54) is 12.1 Å². The van der Waals surface area contributed by atoms with Crippen LogP contribution in [0.4, 0.5) is 17.6 Å². The maximum absolute atomic E-state index is 12.9. The zero-order valence-electron chi connectivity index (χ0n) is 21.0. The molecule has 0 aliphatic rings. The summed E-state index contributed by atoms with van der Waals surface area (Å²) < 4.78 is 97.4. The SMILES string of the molecule is CS(=O)(=O)NCc1ccc(F)[c-]c1F.CS(=O)(=O)NCc1ccc(F)[c-]c1F.[Ti+4].c1cc[cH-]c1.c1cc[cH-]c1. The molecule has 0 spiro atoms. The Morgan fingerprint density at radius 2 is 0.949 bits per heavy atom. The van der Waals surface area contributed by atoms with Gasteiger partial charge in [-0.2, -0.15) is 48.5 Å². The maximum Gasteiger partial charge on any atom is 4.00 e. The summed E-state index contributed by atoms with van der Waals surface area (Å²) in [5, 5.41) is 0. The predicted molar refractivity (Wildman–Crippen MR) is 138 cm³/mol. The van der Waals surface area contributed by atoms with E-state index < -0.39 is 43.3 Å². The molecule has 0 bridgehead atoms. The maximum atomic E-state index is 12.9. The number of hydrogen-bond acceptors (Lipinski definition) is 4. The molecule has 0 saturated carbocycles. The molecule has 4 aromatic rings. The molecular formula is C26H26F4N2O4S2Ti. The van der Waals surface area contributed by atoms with Gasteiger partial charge in [0.15, 0.2) is 0 Å². The van der Waals surface area contributed by atoms with Crippen LogP contribution in [-0.2, 0) is 54.9 Å². The number of halogens is 4. The molecule has 208 valence electrons. The van der Waals surface area contributed by atoms with E-state index >= 15 is 0 Å². The molecule has 0 saturated heterocycles. The first-order valence-electron chi connectivity index (χ1n) is 10.7. The van der Waals surface area contributed by atoms with E-state index in [1.807, 2.05) is 60.7 Å². The second kappa shape index (κ2) is 18.6. The number of nitrogens with one attached hydrogen (secondary N) is 2. The van der Waals surface area contributed by atoms with Gasteiger partial charge in [0, 0.05) is 23.3 Å². The first-order valence-corrected chi connectivity index (χ1v) is 14.5. The van der Waals surface area contributed by atoms with Crippen molar-refractivity contribution in [2.24, 2.45) is 0 Å². The van der Waals surface area contributed by atoms with Crippen molar-refractivity contribution < 1.29 is 56.1 Å². The van der Waals surface area contributed by atoms with Crippen LogP contribution >= 0.6 is 0 Å². The van der Waals surface area contributed by atoms with E-state index in [-0.39, 0.29) is 45.9 Å². The van der Waals surface area contributed by atoms with Gasteiger partial charge in [0.2, 0.25) is 20.0 Å². The van der Waals surface area contributed by atoms with Crippen LogP contribution in [0.5, 0.6) is 0 Å². The van der Waals surface area contributed by atoms with Crippen LogP contribution in [0, 0.1) is 35.4 Å². The van der Waals surface area contributed by atoms with Crippen molar-refractivity contribution >= 4 is 20.0 Å². The smallest absolute Gasteiger partial charge is 0.236 e. The third-order valence-electron chi connectivity index (χ3n) is 4.04. The summed E-state index contributed by atoms with van der Waals surface area (Å²) in [6, 6.07) is 28.0. The fraction of sp³-hybridized carbons (Fsp3) is 0.154. The van der Waals surface area contributed by atoms with E-state index in [4.69, 9.17) is 0 Å². The number of rotatable bonds is 6. The Bertz CT molecular complexity index is 1270. The predicted octanol–water partition coefficient (Wildman–Crippen LogP) is 4.44. The Hall–Kier alpha value is -2.61. The van der Waals surface area contributed by atoms with Gasteiger partial charge in [-0.25, -0.2) is 68.1 Å². The molecule has 0 radical (unpaired) electrons. The summed E-state index contributed by atoms with van der Waals surface area (Å²) in [5.41, 5.74) is 0.105. The van der Waals surface area contributed by atoms with E-state index in [0.717, 1.165) is 24.6 Å². The van der Waals surface area contributed by atoms with Gasteiger partial charge in [-0.15, -0.1) is 35.4 Å². The van der Waals surface area contributed by atoms with Crippen molar-refractivity contribution in [1.29, 1.82) is 0 Å². The Morgan fingerprint density at radius 3 is 1.15 bits per heavy atom. The van der Waals surface area contributed by atoms with Crippen molar-refractivity contribution in [1.82, 2.24) is 9.44 Å². The molecule has 0 heterocycles. The van der Waals surface area contributed by atoms with Crippen LogP contribution in [0.25, 0.3) is 0 Å². The third-order valence-corrected chi connectivity index (χ3v) is 5.38. The molecule has 6 nitrogen and oxygen atoms in total. The Morgan fingerprint density at radius 1 is 0.641 bits per heavy atom. The first-order chi connectivity index (χ1) is 17.8. The van der Waals surface area contributed by atoms with Gasteiger partial charge in [-0.1, -0.05) is 0 Å². The molecule has 0 fully saturated rings. The fourth-order valence-electron chi connectivity index (χ4n) is 2.28. The van der Waals surface area contributed by atoms with Gasteiger partial charge in [0.25, 0.3) is 0 Å². The minimum atomic E-state index is -3.37. The molecule has 4 aromatic carbocycles. The summed E-state index contributed by atoms with van der Waals surface area (Å²) in [4.78, 5) is 0. The minimum Gasteiger partial charge on any atom is -0.236 e. The van der Waals surface area contributed by atoms with Gasteiger partial charge in [0.1, 0.15) is 0 Å². The van der Waals surface area contributed by atoms with Crippen LogP contribution in [0.2, 0.25) is 0 Å². The van der Waals surface area contributed by atoms with Crippen LogP contribution in [0.3, 0.4) is 0 Å². The van der Waals surface area contributed by atoms with Crippen molar-refractivity contribution in [2.45, 2.75) is 13.1 Å². The van der Waals surface area contributed by atoms with Crippen molar-refractivity contribution in [3.05, 3.63) is 131 Å². The summed E-state index contributed by atoms with van der Waals surface area (Å²) in [6.45, 7) is -0.414. The van der Waals surface area contributed by atoms with Gasteiger partial charge >= 0.3 is 21.7 Å². The van der Waals surface area contributed by atoms with Crippen LogP contribution in [0.1, 0.15) is 11.1 Å². The third kappa shape index (κ3) is 19.2. The fourth-order valence-corrected chi connectivity index (χ4v) is 3.12. The summed E-state index contributed by atoms with van der Waals surface area (Å²) in [7, 11) is -6.75. The molecule has 0 aliphatic carbocycles. The van der Waals surface area contributed by atoms with Crippen LogP contribution in [0.15, 0.2) is 84.9 Å². The quantitative estimate of drug-likeness (QED) is 0.190. The standard InChI is InChI=1S/2C8H8F2NO2S.2C5H5.Ti/c2*1-14(12,13)11-5-6-2-3-7(9)4-8(6)10;2*1-2-4-5-3-1;/h2*2-3,11H,5H2,1H3;2*1-5H;/q4*-1;+4. The molecule has 13 heteroatoms. The monoisotopic (exact) mass is 618 g/mol. The largest absolute Gasteiger partial charge is 4.00 e. The van der Waals surface area contributed by atoms with E-state index in [1.54, 1.807) is 12.1 Å². The normalized spacial score (nSPS) is 10.4. The first kappa shape index (κ1) is 36.4. The van der Waals surface area contributed by atoms with Gasteiger partial charge in [0.05, 0.1) is 12.5 Å². The van der Waals surface area contributed by atoms with Crippen molar-refractivity contribution in [3.63, 3.8) is 0 Å². The summed E-state index contributed by atoms with van der Waals surface area (Å²) >= 11 is 0. The second-order valence-corrected chi connectivity index (χ2v) is 11.1. The molecule has 2 N–H and O–H groups in total. The summed E-state index contributed by atoms with van der Waals surface area (Å²) in [5.74, 6) is -3.40. The number of hydrogen-bond donors (Lipinski definition) is 2. The zero-order valence-corrected chi connectivity index (χ0v) is 24.2. The average Bonchev–Trinajstić information content (AvgIpc) is 3.56. The van der Waals surface area contributed by atoms with Crippen LogP contribution in [-0.4, -0.2) is 29.3 Å². The Kier molecular flexibility index (Phi) is 17.4.